The van der Waals surface area contributed by atoms with Gasteiger partial charge < -0.3 is 0 Å². The first kappa shape index (κ1) is 18.8. The Balaban J connectivity index is 1.76. The molecule has 4 heterocycles. The molecule has 0 atom stereocenters. The van der Waals surface area contributed by atoms with Crippen LogP contribution in [0.25, 0.3) is 72.7 Å². The fourth-order valence-corrected chi connectivity index (χ4v) is 6.65. The number of para-hydroxylation sites is 2. The summed E-state index contributed by atoms with van der Waals surface area (Å²) in [5, 5.41) is 7.00. The molecule has 5 heteroatoms. The van der Waals surface area contributed by atoms with Gasteiger partial charge in [-0.3, -0.25) is 8.90 Å². The minimum atomic E-state index is 0.890. The molecule has 0 unspecified atom stereocenters. The Labute approximate surface area is 195 Å². The number of benzene rings is 3. The second-order valence-corrected chi connectivity index (χ2v) is 10.0. The van der Waals surface area contributed by atoms with Gasteiger partial charge in [-0.15, -0.1) is 11.3 Å². The van der Waals surface area contributed by atoms with Gasteiger partial charge >= 0.3 is 0 Å². The lowest BCUT2D eigenvalue weighted by Crippen LogP contribution is -2.13. The fraction of sp³-hybridized carbons (Fsp3) is 0. The number of hydrogen-bond donors (Lipinski definition) is 0. The van der Waals surface area contributed by atoms with Crippen molar-refractivity contribution >= 4 is 92.8 Å². The van der Waals surface area contributed by atoms with Crippen molar-refractivity contribution in [2.24, 2.45) is 0 Å². The van der Waals surface area contributed by atoms with E-state index in [4.69, 9.17) is 4.98 Å². The number of hydrogen-bond acceptors (Lipinski definition) is 2. The molecule has 0 saturated heterocycles. The Morgan fingerprint density at radius 2 is 1.42 bits per heavy atom. The Morgan fingerprint density at radius 3 is 2.18 bits per heavy atom. The third-order valence-electron chi connectivity index (χ3n) is 6.56. The van der Waals surface area contributed by atoms with Crippen LogP contribution in [0.3, 0.4) is 0 Å². The lowest BCUT2D eigenvalue weighted by Gasteiger charge is -2.09. The van der Waals surface area contributed by atoms with E-state index in [1.165, 1.54) is 32.6 Å². The summed E-state index contributed by atoms with van der Waals surface area (Å²) in [5.41, 5.74) is 4.67. The van der Waals surface area contributed by atoms with Crippen LogP contribution in [0.5, 0.6) is 0 Å². The molecule has 33 heavy (non-hydrogen) atoms. The monoisotopic (exact) mass is 459 g/mol. The van der Waals surface area contributed by atoms with Gasteiger partial charge in [-0.05, 0) is 23.4 Å². The largest absolute Gasteiger partial charge is 0.292 e. The van der Waals surface area contributed by atoms with E-state index in [9.17, 15) is 0 Å². The van der Waals surface area contributed by atoms with E-state index in [1.54, 1.807) is 11.3 Å². The van der Waals surface area contributed by atoms with Crippen molar-refractivity contribution < 1.29 is 0 Å². The second kappa shape index (κ2) is 6.64. The van der Waals surface area contributed by atoms with Crippen LogP contribution in [-0.2, 0) is 0 Å². The van der Waals surface area contributed by atoms with Gasteiger partial charge in [-0.2, -0.15) is 0 Å². The highest BCUT2D eigenvalue weighted by Gasteiger charge is 2.20. The molecule has 7 aromatic rings. The minimum Gasteiger partial charge on any atom is -0.292 e. The summed E-state index contributed by atoms with van der Waals surface area (Å²) >= 11 is 1.64. The highest BCUT2D eigenvalue weighted by atomic mass is 32.1. The van der Waals surface area contributed by atoms with Crippen LogP contribution in [0.2, 0.25) is 0 Å². The molecule has 0 N–H and O–H groups in total. The van der Waals surface area contributed by atoms with E-state index >= 15 is 0 Å². The van der Waals surface area contributed by atoms with E-state index in [-0.39, 0.29) is 0 Å². The van der Waals surface area contributed by atoms with Gasteiger partial charge in [0.15, 0.2) is 0 Å². The van der Waals surface area contributed by atoms with E-state index < -0.39 is 0 Å². The van der Waals surface area contributed by atoms with Crippen LogP contribution in [0.15, 0.2) is 72.9 Å². The number of nitrogens with zero attached hydrogens (tertiary/aromatic N) is 3. The van der Waals surface area contributed by atoms with Crippen molar-refractivity contribution in [1.29, 1.82) is 0 Å². The molecular formula is C28H18N3PS. The van der Waals surface area contributed by atoms with Gasteiger partial charge in [0.25, 0.3) is 0 Å². The molecule has 4 aromatic heterocycles. The molecular weight excluding hydrogens is 441 g/mol. The van der Waals surface area contributed by atoms with Crippen LogP contribution >= 0.6 is 19.7 Å². The zero-order chi connectivity index (χ0) is 22.3. The van der Waals surface area contributed by atoms with Crippen molar-refractivity contribution in [2.75, 3.05) is 0 Å². The molecule has 0 bridgehead atoms. The first-order valence-electron chi connectivity index (χ1n) is 10.7. The normalized spacial score (nSPS) is 12.2. The Morgan fingerprint density at radius 1 is 0.758 bits per heavy atom. The van der Waals surface area contributed by atoms with Gasteiger partial charge in [0, 0.05) is 46.0 Å². The smallest absolute Gasteiger partial charge is 0.138 e. The highest BCUT2D eigenvalue weighted by Crippen LogP contribution is 2.41. The quantitative estimate of drug-likeness (QED) is 0.272. The minimum absolute atomic E-state index is 0.890. The lowest BCUT2D eigenvalue weighted by atomic mass is 10.1. The molecule has 0 saturated carbocycles. The molecule has 0 aliphatic heterocycles. The number of aromatic nitrogens is 3. The van der Waals surface area contributed by atoms with Gasteiger partial charge in [-0.1, -0.05) is 68.0 Å². The van der Waals surface area contributed by atoms with Crippen molar-refractivity contribution in [3.8, 4) is 5.82 Å². The fourth-order valence-electron chi connectivity index (χ4n) is 5.08. The maximum Gasteiger partial charge on any atom is 0.138 e. The summed E-state index contributed by atoms with van der Waals surface area (Å²) in [4.78, 5) is 4.91. The van der Waals surface area contributed by atoms with Crippen molar-refractivity contribution in [1.82, 2.24) is 13.9 Å². The zero-order valence-corrected chi connectivity index (χ0v) is 19.5. The molecule has 0 aliphatic carbocycles. The number of pyridine rings is 1. The summed E-state index contributed by atoms with van der Waals surface area (Å²) < 4.78 is 6.70. The molecule has 0 aliphatic rings. The number of thiophene rings is 1. The molecule has 7 rings (SSSR count). The van der Waals surface area contributed by atoms with E-state index in [0.717, 1.165) is 45.0 Å². The van der Waals surface area contributed by atoms with Gasteiger partial charge in [-0.25, -0.2) is 4.98 Å². The van der Waals surface area contributed by atoms with Crippen molar-refractivity contribution in [3.63, 3.8) is 0 Å². The Hall–Kier alpha value is -3.72. The zero-order valence-electron chi connectivity index (χ0n) is 17.7. The molecule has 0 fully saturated rings. The topological polar surface area (TPSA) is 22.8 Å². The maximum atomic E-state index is 4.91. The first-order valence-corrected chi connectivity index (χ1v) is 12.5. The summed E-state index contributed by atoms with van der Waals surface area (Å²) in [6.07, 6.45) is 6.20. The maximum absolute atomic E-state index is 4.91. The third-order valence-corrected chi connectivity index (χ3v) is 8.30. The van der Waals surface area contributed by atoms with Crippen molar-refractivity contribution in [2.45, 2.75) is 0 Å². The average molecular weight is 460 g/mol. The molecule has 3 nitrogen and oxygen atoms in total. The van der Waals surface area contributed by atoms with Crippen LogP contribution in [-0.4, -0.2) is 20.2 Å². The van der Waals surface area contributed by atoms with Gasteiger partial charge in [0.1, 0.15) is 5.82 Å². The molecule has 0 radical (unpaired) electrons. The van der Waals surface area contributed by atoms with E-state index in [1.807, 2.05) is 6.20 Å². The summed E-state index contributed by atoms with van der Waals surface area (Å²) in [7, 11) is 0.928. The van der Waals surface area contributed by atoms with E-state index in [0.29, 0.717) is 0 Å². The van der Waals surface area contributed by atoms with Crippen LogP contribution < -0.4 is 9.75 Å². The summed E-state index contributed by atoms with van der Waals surface area (Å²) in [5.74, 6) is 0.890. The molecule has 0 spiro atoms. The van der Waals surface area contributed by atoms with Crippen LogP contribution in [0.4, 0.5) is 0 Å². The number of fused-ring (bicyclic) bond motifs is 8. The molecule has 156 valence electrons. The SMILES string of the molecule is C=Pn1c2ccccc2c2ccc3c4ccccc4n(-c4cc5c(=C)c(=C)sc5cn4)c3c21. The predicted molar refractivity (Wildman–Crippen MR) is 147 cm³/mol. The second-order valence-electron chi connectivity index (χ2n) is 8.22. The Kier molecular flexibility index (Phi) is 3.79. The van der Waals surface area contributed by atoms with Crippen LogP contribution in [0, 0.1) is 0 Å². The first-order chi connectivity index (χ1) is 16.2. The summed E-state index contributed by atoms with van der Waals surface area (Å²) in [6.45, 7) is 8.41. The lowest BCUT2D eigenvalue weighted by molar-refractivity contribution is 1.09. The standard InChI is InChI=1S/C28H18N3PS/c1-16-17(2)33-25-15-29-26(14-22(16)25)30-23-10-6-4-8-18(23)20-12-13-21-19-9-5-7-11-24(19)31(32-3)28(21)27(20)30/h4-15H,1-3H2. The average Bonchev–Trinajstić information content (AvgIpc) is 3.46. The van der Waals surface area contributed by atoms with Crippen LogP contribution in [0.1, 0.15) is 0 Å². The molecule has 3 aromatic carbocycles. The highest BCUT2D eigenvalue weighted by molar-refractivity contribution is 7.35. The Bertz CT molecular complexity index is 2040. The van der Waals surface area contributed by atoms with Crippen molar-refractivity contribution in [3.05, 3.63) is 82.7 Å². The van der Waals surface area contributed by atoms with E-state index in [2.05, 4.69) is 95.1 Å². The van der Waals surface area contributed by atoms with Gasteiger partial charge in [0.05, 0.1) is 26.8 Å². The predicted octanol–water partition coefficient (Wildman–Crippen LogP) is 6.46. The summed E-state index contributed by atoms with van der Waals surface area (Å²) in [6, 6.07) is 23.8. The third kappa shape index (κ3) is 2.40. The van der Waals surface area contributed by atoms with Gasteiger partial charge in [0.2, 0.25) is 0 Å². The molecule has 0 amide bonds. The number of rotatable bonds is 2.